The van der Waals surface area contributed by atoms with E-state index in [0.717, 1.165) is 3.57 Å². The van der Waals surface area contributed by atoms with Crippen LogP contribution in [0.3, 0.4) is 0 Å². The number of hydrogen-bond donors (Lipinski definition) is 3. The van der Waals surface area contributed by atoms with E-state index in [1.54, 1.807) is 25.1 Å². The molecule has 1 aromatic carbocycles. The van der Waals surface area contributed by atoms with E-state index >= 15 is 0 Å². The number of anilines is 1. The minimum Gasteiger partial charge on any atom is -0.480 e. The van der Waals surface area contributed by atoms with E-state index in [0.29, 0.717) is 10.7 Å². The summed E-state index contributed by atoms with van der Waals surface area (Å²) in [5.41, 5.74) is -0.867. The van der Waals surface area contributed by atoms with Crippen LogP contribution in [0.5, 0.6) is 0 Å². The zero-order valence-electron chi connectivity index (χ0n) is 10.5. The van der Waals surface area contributed by atoms with E-state index in [2.05, 4.69) is 33.2 Å². The van der Waals surface area contributed by atoms with Crippen LogP contribution in [-0.4, -0.2) is 22.6 Å². The summed E-state index contributed by atoms with van der Waals surface area (Å²) in [5.74, 6) is -1.08. The molecule has 1 aromatic rings. The quantitative estimate of drug-likeness (QED) is 0.683. The fraction of sp³-hybridized carbons (Fsp3) is 0.333. The standard InChI is InChI=1S/C12H14ClIN2O3/c1-3-12(2,10(17)18)16-11(19)15-9-6-7(14)4-5-8(9)13/h4-6H,3H2,1-2H3,(H,17,18)(H2,15,16,19). The largest absolute Gasteiger partial charge is 0.480 e. The van der Waals surface area contributed by atoms with Crippen LogP contribution in [0, 0.1) is 3.57 Å². The minimum absolute atomic E-state index is 0.274. The van der Waals surface area contributed by atoms with Crippen molar-refractivity contribution in [2.24, 2.45) is 0 Å². The summed E-state index contributed by atoms with van der Waals surface area (Å²) in [7, 11) is 0. The summed E-state index contributed by atoms with van der Waals surface area (Å²) in [6.45, 7) is 3.14. The molecule has 0 heterocycles. The topological polar surface area (TPSA) is 78.4 Å². The van der Waals surface area contributed by atoms with Gasteiger partial charge in [0.2, 0.25) is 0 Å². The molecule has 1 unspecified atom stereocenters. The Morgan fingerprint density at radius 3 is 2.63 bits per heavy atom. The van der Waals surface area contributed by atoms with Crippen LogP contribution >= 0.6 is 34.2 Å². The summed E-state index contributed by atoms with van der Waals surface area (Å²) in [6, 6.07) is 4.57. The molecule has 0 bridgehead atoms. The Balaban J connectivity index is 2.80. The molecule has 1 atom stereocenters. The Kier molecular flexibility index (Phi) is 5.42. The van der Waals surface area contributed by atoms with Crippen molar-refractivity contribution in [1.82, 2.24) is 5.32 Å². The number of carbonyl (C=O) groups is 2. The third kappa shape index (κ3) is 4.24. The van der Waals surface area contributed by atoms with Crippen molar-refractivity contribution in [3.05, 3.63) is 26.8 Å². The summed E-state index contributed by atoms with van der Waals surface area (Å²) in [4.78, 5) is 22.9. The molecule has 0 aliphatic carbocycles. The zero-order valence-corrected chi connectivity index (χ0v) is 13.4. The maximum Gasteiger partial charge on any atom is 0.329 e. The molecule has 0 spiro atoms. The van der Waals surface area contributed by atoms with E-state index in [4.69, 9.17) is 16.7 Å². The van der Waals surface area contributed by atoms with Crippen molar-refractivity contribution in [2.45, 2.75) is 25.8 Å². The average Bonchev–Trinajstić information content (AvgIpc) is 2.33. The lowest BCUT2D eigenvalue weighted by molar-refractivity contribution is -0.143. The first kappa shape index (κ1) is 16.0. The fourth-order valence-electron chi connectivity index (χ4n) is 1.29. The van der Waals surface area contributed by atoms with E-state index in [1.165, 1.54) is 6.92 Å². The van der Waals surface area contributed by atoms with Gasteiger partial charge in [-0.1, -0.05) is 18.5 Å². The molecular formula is C12H14ClIN2O3. The van der Waals surface area contributed by atoms with E-state index in [1.807, 2.05) is 0 Å². The van der Waals surface area contributed by atoms with Gasteiger partial charge in [-0.15, -0.1) is 0 Å². The van der Waals surface area contributed by atoms with Gasteiger partial charge in [0.25, 0.3) is 0 Å². The normalized spacial score (nSPS) is 13.5. The van der Waals surface area contributed by atoms with Crippen LogP contribution < -0.4 is 10.6 Å². The first-order valence-corrected chi connectivity index (χ1v) is 7.02. The van der Waals surface area contributed by atoms with Gasteiger partial charge in [-0.3, -0.25) is 0 Å². The number of nitrogens with one attached hydrogen (secondary N) is 2. The number of aliphatic carboxylic acids is 1. The lowest BCUT2D eigenvalue weighted by Gasteiger charge is -2.24. The molecule has 5 nitrogen and oxygen atoms in total. The molecule has 0 aromatic heterocycles. The van der Waals surface area contributed by atoms with Crippen LogP contribution in [0.1, 0.15) is 20.3 Å². The number of hydrogen-bond acceptors (Lipinski definition) is 2. The van der Waals surface area contributed by atoms with E-state index in [9.17, 15) is 9.59 Å². The minimum atomic E-state index is -1.31. The van der Waals surface area contributed by atoms with Gasteiger partial charge in [-0.05, 0) is 54.1 Å². The molecule has 7 heteroatoms. The molecule has 0 radical (unpaired) electrons. The SMILES string of the molecule is CCC(C)(NC(=O)Nc1cc(I)ccc1Cl)C(=O)O. The van der Waals surface area contributed by atoms with E-state index in [-0.39, 0.29) is 6.42 Å². The summed E-state index contributed by atoms with van der Waals surface area (Å²) >= 11 is 8.04. The first-order valence-electron chi connectivity index (χ1n) is 5.56. The van der Waals surface area contributed by atoms with Gasteiger partial charge in [0.15, 0.2) is 0 Å². The predicted molar refractivity (Wildman–Crippen MR) is 82.7 cm³/mol. The molecule has 0 saturated carbocycles. The number of benzene rings is 1. The second-order valence-corrected chi connectivity index (χ2v) is 5.85. The number of halogens is 2. The van der Waals surface area contributed by atoms with Crippen LogP contribution in [-0.2, 0) is 4.79 Å². The Labute approximate surface area is 129 Å². The number of rotatable bonds is 4. The lowest BCUT2D eigenvalue weighted by Crippen LogP contribution is -2.53. The maximum absolute atomic E-state index is 11.8. The number of carboxylic acid groups (broad SMARTS) is 1. The van der Waals surface area contributed by atoms with Crippen molar-refractivity contribution in [3.8, 4) is 0 Å². The van der Waals surface area contributed by atoms with Crippen LogP contribution in [0.4, 0.5) is 10.5 Å². The number of carboxylic acids is 1. The third-order valence-electron chi connectivity index (χ3n) is 2.75. The predicted octanol–water partition coefficient (Wildman–Crippen LogP) is 3.32. The van der Waals surface area contributed by atoms with Gasteiger partial charge in [0, 0.05) is 3.57 Å². The molecular weight excluding hydrogens is 383 g/mol. The van der Waals surface area contributed by atoms with Gasteiger partial charge in [0.1, 0.15) is 5.54 Å². The highest BCUT2D eigenvalue weighted by Crippen LogP contribution is 2.24. The Hall–Kier alpha value is -1.02. The first-order chi connectivity index (χ1) is 8.78. The zero-order chi connectivity index (χ0) is 14.6. The molecule has 2 amide bonds. The molecule has 0 fully saturated rings. The average molecular weight is 397 g/mol. The third-order valence-corrected chi connectivity index (χ3v) is 3.75. The number of amides is 2. The van der Waals surface area contributed by atoms with Gasteiger partial charge < -0.3 is 15.7 Å². The van der Waals surface area contributed by atoms with Gasteiger partial charge in [-0.25, -0.2) is 9.59 Å². The number of urea groups is 1. The monoisotopic (exact) mass is 396 g/mol. The molecule has 0 aliphatic rings. The summed E-state index contributed by atoms with van der Waals surface area (Å²) < 4.78 is 0.911. The molecule has 19 heavy (non-hydrogen) atoms. The number of carbonyl (C=O) groups excluding carboxylic acids is 1. The molecule has 1 rings (SSSR count). The second kappa shape index (κ2) is 6.42. The van der Waals surface area contributed by atoms with Crippen molar-refractivity contribution >= 4 is 51.9 Å². The molecule has 104 valence electrons. The Morgan fingerprint density at radius 1 is 1.47 bits per heavy atom. The van der Waals surface area contributed by atoms with Gasteiger partial charge >= 0.3 is 12.0 Å². The fourth-order valence-corrected chi connectivity index (χ4v) is 1.95. The molecule has 0 aliphatic heterocycles. The summed E-state index contributed by atoms with van der Waals surface area (Å²) in [6.07, 6.45) is 0.274. The maximum atomic E-state index is 11.8. The second-order valence-electron chi connectivity index (χ2n) is 4.19. The summed E-state index contributed by atoms with van der Waals surface area (Å²) in [5, 5.41) is 14.4. The van der Waals surface area contributed by atoms with Crippen molar-refractivity contribution < 1.29 is 14.7 Å². The van der Waals surface area contributed by atoms with Crippen LogP contribution in [0.15, 0.2) is 18.2 Å². The Bertz CT molecular complexity index is 510. The van der Waals surface area contributed by atoms with Gasteiger partial charge in [0.05, 0.1) is 10.7 Å². The van der Waals surface area contributed by atoms with E-state index < -0.39 is 17.5 Å². The van der Waals surface area contributed by atoms with Gasteiger partial charge in [-0.2, -0.15) is 0 Å². The van der Waals surface area contributed by atoms with Crippen LogP contribution in [0.25, 0.3) is 0 Å². The van der Waals surface area contributed by atoms with Crippen LogP contribution in [0.2, 0.25) is 5.02 Å². The highest BCUT2D eigenvalue weighted by molar-refractivity contribution is 14.1. The lowest BCUT2D eigenvalue weighted by atomic mass is 10.00. The molecule has 3 N–H and O–H groups in total. The Morgan fingerprint density at radius 2 is 2.11 bits per heavy atom. The van der Waals surface area contributed by atoms with Crippen molar-refractivity contribution in [1.29, 1.82) is 0 Å². The smallest absolute Gasteiger partial charge is 0.329 e. The van der Waals surface area contributed by atoms with Crippen molar-refractivity contribution in [2.75, 3.05) is 5.32 Å². The highest BCUT2D eigenvalue weighted by atomic mass is 127. The highest BCUT2D eigenvalue weighted by Gasteiger charge is 2.32. The van der Waals surface area contributed by atoms with Crippen molar-refractivity contribution in [3.63, 3.8) is 0 Å². The molecule has 0 saturated heterocycles.